The lowest BCUT2D eigenvalue weighted by atomic mass is 10.3. The second kappa shape index (κ2) is 8.67. The average Bonchev–Trinajstić information content (AvgIpc) is 2.56. The van der Waals surface area contributed by atoms with E-state index in [2.05, 4.69) is 25.6 Å². The smallest absolute Gasteiger partial charge is 0.303 e. The predicted molar refractivity (Wildman–Crippen MR) is 95.5 cm³/mol. The quantitative estimate of drug-likeness (QED) is 0.725. The molecule has 2 aromatic heterocycles. The Morgan fingerprint density at radius 2 is 2.00 bits per heavy atom. The Hall–Kier alpha value is -2.88. The number of methoxy groups -OCH3 is 1. The van der Waals surface area contributed by atoms with Gasteiger partial charge in [0.2, 0.25) is 5.82 Å². The van der Waals surface area contributed by atoms with E-state index >= 15 is 0 Å². The van der Waals surface area contributed by atoms with Crippen molar-refractivity contribution in [1.29, 1.82) is 0 Å². The van der Waals surface area contributed by atoms with Crippen LogP contribution in [-0.4, -0.2) is 41.2 Å². The summed E-state index contributed by atoms with van der Waals surface area (Å²) in [5, 5.41) is 5.49. The molecule has 2 aromatic rings. The Morgan fingerprint density at radius 1 is 1.26 bits per heavy atom. The number of ether oxygens (including phenoxy) is 2. The van der Waals surface area contributed by atoms with E-state index in [1.165, 1.54) is 25.4 Å². The molecule has 1 amide bonds. The summed E-state index contributed by atoms with van der Waals surface area (Å²) in [4.78, 5) is 23.4. The molecule has 146 valence electrons. The third-order valence-electron chi connectivity index (χ3n) is 3.22. The molecular formula is C17H21F2N5O3. The first-order valence-electron chi connectivity index (χ1n) is 8.15. The lowest BCUT2D eigenvalue weighted by Crippen LogP contribution is -2.18. The van der Waals surface area contributed by atoms with Crippen molar-refractivity contribution < 1.29 is 23.0 Å². The minimum atomic E-state index is -3.18. The Bertz CT molecular complexity index is 812. The number of rotatable bonds is 8. The molecule has 0 bridgehead atoms. The molecule has 2 rings (SSSR count). The summed E-state index contributed by atoms with van der Waals surface area (Å²) in [7, 11) is 1.40. The van der Waals surface area contributed by atoms with Crippen molar-refractivity contribution in [3.63, 3.8) is 0 Å². The first-order chi connectivity index (χ1) is 12.7. The molecule has 10 heteroatoms. The molecule has 2 heterocycles. The van der Waals surface area contributed by atoms with Gasteiger partial charge < -0.3 is 20.1 Å². The number of nitrogens with zero attached hydrogens (tertiary/aromatic N) is 3. The molecule has 0 aromatic carbocycles. The van der Waals surface area contributed by atoms with Crippen molar-refractivity contribution in [2.45, 2.75) is 26.7 Å². The lowest BCUT2D eigenvalue weighted by molar-refractivity contribution is -0.119. The van der Waals surface area contributed by atoms with Crippen molar-refractivity contribution >= 4 is 23.2 Å². The topological polar surface area (TPSA) is 98.3 Å². The number of amides is 1. The fraction of sp³-hybridized carbons (Fsp3) is 0.412. The summed E-state index contributed by atoms with van der Waals surface area (Å²) in [6, 6.07) is 3.04. The molecular weight excluding hydrogens is 360 g/mol. The zero-order valence-corrected chi connectivity index (χ0v) is 15.5. The van der Waals surface area contributed by atoms with E-state index in [0.717, 1.165) is 6.92 Å². The van der Waals surface area contributed by atoms with Crippen LogP contribution in [0.15, 0.2) is 18.3 Å². The zero-order chi connectivity index (χ0) is 20.0. The number of carbonyl (C=O) groups excluding carboxylic acids is 1. The first kappa shape index (κ1) is 20.4. The van der Waals surface area contributed by atoms with Crippen LogP contribution in [0.25, 0.3) is 0 Å². The van der Waals surface area contributed by atoms with E-state index < -0.39 is 11.7 Å². The van der Waals surface area contributed by atoms with E-state index in [1.807, 2.05) is 0 Å². The molecule has 0 fully saturated rings. The maximum Gasteiger partial charge on any atom is 0.303 e. The normalized spacial score (nSPS) is 11.2. The van der Waals surface area contributed by atoms with E-state index in [-0.39, 0.29) is 24.1 Å². The number of hydrogen-bond acceptors (Lipinski definition) is 7. The van der Waals surface area contributed by atoms with Crippen LogP contribution >= 0.6 is 0 Å². The Morgan fingerprint density at radius 3 is 2.63 bits per heavy atom. The van der Waals surface area contributed by atoms with Crippen LogP contribution in [0.4, 0.5) is 26.1 Å². The minimum absolute atomic E-state index is 0.127. The number of aryl methyl sites for hydroxylation is 1. The molecule has 0 aliphatic heterocycles. The maximum absolute atomic E-state index is 13.6. The molecule has 0 saturated heterocycles. The van der Waals surface area contributed by atoms with Crippen LogP contribution in [0.5, 0.6) is 5.75 Å². The highest BCUT2D eigenvalue weighted by Gasteiger charge is 2.29. The number of anilines is 3. The molecule has 27 heavy (non-hydrogen) atoms. The summed E-state index contributed by atoms with van der Waals surface area (Å²) in [5.41, 5.74) is 0.785. The highest BCUT2D eigenvalue weighted by atomic mass is 19.3. The van der Waals surface area contributed by atoms with Crippen molar-refractivity contribution in [3.8, 4) is 5.75 Å². The highest BCUT2D eigenvalue weighted by Crippen LogP contribution is 2.30. The molecule has 0 aliphatic carbocycles. The van der Waals surface area contributed by atoms with Gasteiger partial charge in [-0.3, -0.25) is 4.79 Å². The van der Waals surface area contributed by atoms with Crippen LogP contribution in [-0.2, 0) is 15.5 Å². The van der Waals surface area contributed by atoms with Gasteiger partial charge in [-0.15, -0.1) is 0 Å². The van der Waals surface area contributed by atoms with Crippen molar-refractivity contribution in [3.05, 3.63) is 29.8 Å². The van der Waals surface area contributed by atoms with Crippen LogP contribution in [0.1, 0.15) is 25.4 Å². The van der Waals surface area contributed by atoms with Crippen LogP contribution in [0, 0.1) is 6.92 Å². The number of hydrogen-bond donors (Lipinski definition) is 2. The molecule has 0 atom stereocenters. The molecule has 8 nitrogen and oxygen atoms in total. The first-order valence-corrected chi connectivity index (χ1v) is 8.15. The van der Waals surface area contributed by atoms with Crippen molar-refractivity contribution in [1.82, 2.24) is 15.0 Å². The molecule has 0 radical (unpaired) electrons. The van der Waals surface area contributed by atoms with Gasteiger partial charge >= 0.3 is 5.92 Å². The highest BCUT2D eigenvalue weighted by molar-refractivity contribution is 5.91. The van der Waals surface area contributed by atoms with Crippen LogP contribution < -0.4 is 15.4 Å². The van der Waals surface area contributed by atoms with E-state index in [4.69, 9.17) is 9.47 Å². The van der Waals surface area contributed by atoms with Gasteiger partial charge in [-0.05, 0) is 13.8 Å². The van der Waals surface area contributed by atoms with E-state index in [1.54, 1.807) is 13.8 Å². The van der Waals surface area contributed by atoms with E-state index in [0.29, 0.717) is 23.7 Å². The summed E-state index contributed by atoms with van der Waals surface area (Å²) in [6.45, 7) is 4.36. The van der Waals surface area contributed by atoms with Gasteiger partial charge in [-0.1, -0.05) is 0 Å². The van der Waals surface area contributed by atoms with Crippen molar-refractivity contribution in [2.24, 2.45) is 0 Å². The Balaban J connectivity index is 2.35. The SMILES string of the molecule is CCOc1cnc(NC(=O)COC)cc1Nc1cc(C)nc(C(C)(F)F)n1. The standard InChI is InChI=1S/C17H21F2N5O3/c1-5-27-12-8-20-13(23-15(25)9-26-4)7-11(12)22-14-6-10(2)21-16(24-14)17(3,18)19/h6-8H,5,9H2,1-4H3,(H2,20,21,22,23,24,25). The number of pyridine rings is 1. The third-order valence-corrected chi connectivity index (χ3v) is 3.22. The van der Waals surface area contributed by atoms with Gasteiger partial charge in [0, 0.05) is 31.9 Å². The number of carbonyl (C=O) groups is 1. The maximum atomic E-state index is 13.6. The predicted octanol–water partition coefficient (Wildman–Crippen LogP) is 3.02. The third kappa shape index (κ3) is 5.81. The molecule has 2 N–H and O–H groups in total. The summed E-state index contributed by atoms with van der Waals surface area (Å²) in [6.07, 6.45) is 1.41. The number of aromatic nitrogens is 3. The molecule has 0 aliphatic rings. The van der Waals surface area contributed by atoms with Gasteiger partial charge in [0.05, 0.1) is 18.5 Å². The van der Waals surface area contributed by atoms with Gasteiger partial charge in [-0.25, -0.2) is 15.0 Å². The largest absolute Gasteiger partial charge is 0.490 e. The fourth-order valence-electron chi connectivity index (χ4n) is 2.16. The van der Waals surface area contributed by atoms with Gasteiger partial charge in [0.25, 0.3) is 5.91 Å². The Labute approximate surface area is 155 Å². The van der Waals surface area contributed by atoms with Gasteiger partial charge in [0.15, 0.2) is 5.75 Å². The summed E-state index contributed by atoms with van der Waals surface area (Å²) >= 11 is 0. The second-order valence-electron chi connectivity index (χ2n) is 5.71. The molecule has 0 saturated carbocycles. The van der Waals surface area contributed by atoms with Gasteiger partial charge in [-0.2, -0.15) is 8.78 Å². The fourth-order valence-corrected chi connectivity index (χ4v) is 2.16. The monoisotopic (exact) mass is 381 g/mol. The summed E-state index contributed by atoms with van der Waals surface area (Å²) < 4.78 is 37.4. The number of halogens is 2. The minimum Gasteiger partial charge on any atom is -0.490 e. The van der Waals surface area contributed by atoms with Crippen molar-refractivity contribution in [2.75, 3.05) is 31.0 Å². The number of nitrogens with one attached hydrogen (secondary N) is 2. The van der Waals surface area contributed by atoms with Gasteiger partial charge in [0.1, 0.15) is 18.2 Å². The summed E-state index contributed by atoms with van der Waals surface area (Å²) in [5.74, 6) is -3.36. The van der Waals surface area contributed by atoms with Crippen LogP contribution in [0.3, 0.4) is 0 Å². The second-order valence-corrected chi connectivity index (χ2v) is 5.71. The average molecular weight is 381 g/mol. The number of alkyl halides is 2. The molecule has 0 spiro atoms. The van der Waals surface area contributed by atoms with E-state index in [9.17, 15) is 13.6 Å². The lowest BCUT2D eigenvalue weighted by Gasteiger charge is -2.15. The van der Waals surface area contributed by atoms with Crippen LogP contribution in [0.2, 0.25) is 0 Å². The molecule has 0 unspecified atom stereocenters. The zero-order valence-electron chi connectivity index (χ0n) is 15.5. The Kier molecular flexibility index (Phi) is 6.56.